The van der Waals surface area contributed by atoms with Crippen LogP contribution in [0.5, 0.6) is 5.75 Å². The molecule has 0 radical (unpaired) electrons. The fourth-order valence-electron chi connectivity index (χ4n) is 2.32. The monoisotopic (exact) mass is 366 g/mol. The van der Waals surface area contributed by atoms with Gasteiger partial charge in [0.2, 0.25) is 4.77 Å². The number of ether oxygens (including phenoxy) is 1. The Labute approximate surface area is 156 Å². The van der Waals surface area contributed by atoms with Gasteiger partial charge in [-0.15, -0.1) is 0 Å². The van der Waals surface area contributed by atoms with E-state index in [0.29, 0.717) is 16.1 Å². The van der Waals surface area contributed by atoms with E-state index >= 15 is 0 Å². The number of aryl methyl sites for hydroxylation is 1. The van der Waals surface area contributed by atoms with Gasteiger partial charge < -0.3 is 4.74 Å². The summed E-state index contributed by atoms with van der Waals surface area (Å²) in [6.07, 6.45) is 3.43. The van der Waals surface area contributed by atoms with Gasteiger partial charge in [0.15, 0.2) is 5.82 Å². The van der Waals surface area contributed by atoms with Gasteiger partial charge >= 0.3 is 5.97 Å². The number of carbonyl (C=O) groups excluding carboxylic acids is 1. The van der Waals surface area contributed by atoms with Crippen LogP contribution in [0.2, 0.25) is 0 Å². The van der Waals surface area contributed by atoms with Gasteiger partial charge in [-0.05, 0) is 60.6 Å². The molecule has 2 aromatic carbocycles. The van der Waals surface area contributed by atoms with Crippen molar-refractivity contribution in [2.75, 3.05) is 0 Å². The highest BCUT2D eigenvalue weighted by atomic mass is 32.1. The summed E-state index contributed by atoms with van der Waals surface area (Å²) in [5, 5.41) is 11.3. The van der Waals surface area contributed by atoms with Gasteiger partial charge in [-0.2, -0.15) is 14.9 Å². The van der Waals surface area contributed by atoms with E-state index < -0.39 is 0 Å². The minimum absolute atomic E-state index is 0.388. The fraction of sp³-hybridized carbons (Fsp3) is 0.158. The predicted octanol–water partition coefficient (Wildman–Crippen LogP) is 3.99. The number of aromatic amines is 1. The van der Waals surface area contributed by atoms with Gasteiger partial charge in [-0.1, -0.05) is 25.1 Å². The lowest BCUT2D eigenvalue weighted by Crippen LogP contribution is -2.08. The molecule has 0 aliphatic heterocycles. The molecular formula is C19H18N4O2S. The first-order chi connectivity index (χ1) is 12.7. The predicted molar refractivity (Wildman–Crippen MR) is 102 cm³/mol. The average Bonchev–Trinajstić information content (AvgIpc) is 3.02. The summed E-state index contributed by atoms with van der Waals surface area (Å²) in [5.41, 5.74) is 1.37. The Morgan fingerprint density at radius 2 is 1.96 bits per heavy atom. The van der Waals surface area contributed by atoms with Crippen molar-refractivity contribution in [1.29, 1.82) is 0 Å². The van der Waals surface area contributed by atoms with E-state index in [-0.39, 0.29) is 5.97 Å². The SMILES string of the molecule is CCCc1n[nH]c(=S)n1/N=C/c1ccc(OC(=O)c2ccccc2)cc1. The number of nitrogens with zero attached hydrogens (tertiary/aromatic N) is 3. The van der Waals surface area contributed by atoms with Crippen LogP contribution in [0, 0.1) is 4.77 Å². The van der Waals surface area contributed by atoms with Crippen LogP contribution >= 0.6 is 12.2 Å². The Bertz CT molecular complexity index is 959. The topological polar surface area (TPSA) is 72.3 Å². The van der Waals surface area contributed by atoms with Crippen LogP contribution < -0.4 is 4.74 Å². The molecule has 26 heavy (non-hydrogen) atoms. The third kappa shape index (κ3) is 4.31. The van der Waals surface area contributed by atoms with Crippen LogP contribution in [0.3, 0.4) is 0 Å². The van der Waals surface area contributed by atoms with Crippen molar-refractivity contribution in [3.8, 4) is 5.75 Å². The van der Waals surface area contributed by atoms with Crippen LogP contribution in [0.1, 0.15) is 35.1 Å². The number of hydrogen-bond acceptors (Lipinski definition) is 5. The summed E-state index contributed by atoms with van der Waals surface area (Å²) >= 11 is 5.19. The van der Waals surface area contributed by atoms with Crippen molar-refractivity contribution >= 4 is 24.4 Å². The Morgan fingerprint density at radius 3 is 2.65 bits per heavy atom. The summed E-state index contributed by atoms with van der Waals surface area (Å²) in [5.74, 6) is 0.880. The molecule has 132 valence electrons. The van der Waals surface area contributed by atoms with Crippen molar-refractivity contribution in [3.05, 3.63) is 76.3 Å². The van der Waals surface area contributed by atoms with Crippen molar-refractivity contribution < 1.29 is 9.53 Å². The van der Waals surface area contributed by atoms with Crippen molar-refractivity contribution in [2.45, 2.75) is 19.8 Å². The number of carbonyl (C=O) groups is 1. The van der Waals surface area contributed by atoms with Crippen LogP contribution in [-0.4, -0.2) is 27.1 Å². The summed E-state index contributed by atoms with van der Waals surface area (Å²) in [4.78, 5) is 12.0. The number of aromatic nitrogens is 3. The Morgan fingerprint density at radius 1 is 1.23 bits per heavy atom. The summed E-state index contributed by atoms with van der Waals surface area (Å²) < 4.78 is 7.43. The number of nitrogens with one attached hydrogen (secondary N) is 1. The second-order valence-electron chi connectivity index (χ2n) is 5.58. The number of esters is 1. The zero-order valence-electron chi connectivity index (χ0n) is 14.3. The van der Waals surface area contributed by atoms with E-state index in [1.807, 2.05) is 18.2 Å². The minimum Gasteiger partial charge on any atom is -0.423 e. The Kier molecular flexibility index (Phi) is 5.70. The third-order valence-corrected chi connectivity index (χ3v) is 3.88. The van der Waals surface area contributed by atoms with Crippen molar-refractivity contribution in [1.82, 2.24) is 14.9 Å². The molecule has 0 aliphatic carbocycles. The summed E-state index contributed by atoms with van der Waals surface area (Å²) in [6.45, 7) is 2.07. The smallest absolute Gasteiger partial charge is 0.343 e. The highest BCUT2D eigenvalue weighted by molar-refractivity contribution is 7.71. The van der Waals surface area contributed by atoms with E-state index in [1.54, 1.807) is 47.3 Å². The first kappa shape index (κ1) is 17.8. The average molecular weight is 366 g/mol. The van der Waals surface area contributed by atoms with Crippen molar-refractivity contribution in [2.24, 2.45) is 5.10 Å². The second-order valence-corrected chi connectivity index (χ2v) is 5.96. The maximum atomic E-state index is 12.0. The molecule has 0 unspecified atom stereocenters. The number of H-pyrrole nitrogens is 1. The molecule has 1 aromatic heterocycles. The first-order valence-corrected chi connectivity index (χ1v) is 8.66. The highest BCUT2D eigenvalue weighted by Gasteiger charge is 2.07. The lowest BCUT2D eigenvalue weighted by Gasteiger charge is -2.04. The van der Waals surface area contributed by atoms with Crippen LogP contribution in [0.15, 0.2) is 59.7 Å². The molecule has 3 aromatic rings. The van der Waals surface area contributed by atoms with E-state index in [0.717, 1.165) is 24.2 Å². The van der Waals surface area contributed by atoms with E-state index in [2.05, 4.69) is 22.2 Å². The molecule has 0 amide bonds. The Hall–Kier alpha value is -3.06. The molecule has 0 aliphatic rings. The number of hydrogen-bond donors (Lipinski definition) is 1. The molecule has 0 bridgehead atoms. The largest absolute Gasteiger partial charge is 0.423 e. The lowest BCUT2D eigenvalue weighted by atomic mass is 10.2. The Balaban J connectivity index is 1.69. The third-order valence-electron chi connectivity index (χ3n) is 3.61. The van der Waals surface area contributed by atoms with Gasteiger partial charge in [-0.25, -0.2) is 4.79 Å². The zero-order chi connectivity index (χ0) is 18.4. The molecule has 0 spiro atoms. The zero-order valence-corrected chi connectivity index (χ0v) is 15.1. The molecule has 0 fully saturated rings. The molecule has 3 rings (SSSR count). The number of benzene rings is 2. The van der Waals surface area contributed by atoms with Gasteiger partial charge in [0.1, 0.15) is 5.75 Å². The summed E-state index contributed by atoms with van der Waals surface area (Å²) in [7, 11) is 0. The summed E-state index contributed by atoms with van der Waals surface area (Å²) in [6, 6.07) is 16.0. The fourth-order valence-corrected chi connectivity index (χ4v) is 2.51. The highest BCUT2D eigenvalue weighted by Crippen LogP contribution is 2.14. The standard InChI is InChI=1S/C19H18N4O2S/c1-2-6-17-21-22-19(26)23(17)20-13-14-9-11-16(12-10-14)25-18(24)15-7-4-3-5-8-15/h3-5,7-13H,2,6H2,1H3,(H,22,26)/b20-13+. The molecule has 1 N–H and O–H groups in total. The van der Waals surface area contributed by atoms with E-state index in [9.17, 15) is 4.79 Å². The molecule has 1 heterocycles. The van der Waals surface area contributed by atoms with Crippen molar-refractivity contribution in [3.63, 3.8) is 0 Å². The maximum Gasteiger partial charge on any atom is 0.343 e. The molecule has 6 nitrogen and oxygen atoms in total. The second kappa shape index (κ2) is 8.35. The lowest BCUT2D eigenvalue weighted by molar-refractivity contribution is 0.0735. The normalized spacial score (nSPS) is 11.0. The van der Waals surface area contributed by atoms with Gasteiger partial charge in [-0.3, -0.25) is 5.10 Å². The van der Waals surface area contributed by atoms with E-state index in [1.165, 1.54) is 0 Å². The molecule has 0 saturated carbocycles. The van der Waals surface area contributed by atoms with E-state index in [4.69, 9.17) is 17.0 Å². The molecular weight excluding hydrogens is 348 g/mol. The molecule has 0 saturated heterocycles. The van der Waals surface area contributed by atoms with Gasteiger partial charge in [0, 0.05) is 6.42 Å². The minimum atomic E-state index is -0.388. The van der Waals surface area contributed by atoms with Gasteiger partial charge in [0.05, 0.1) is 11.8 Å². The number of rotatable bonds is 6. The van der Waals surface area contributed by atoms with Crippen LogP contribution in [0.4, 0.5) is 0 Å². The van der Waals surface area contributed by atoms with Crippen LogP contribution in [-0.2, 0) is 6.42 Å². The first-order valence-electron chi connectivity index (χ1n) is 8.25. The maximum absolute atomic E-state index is 12.0. The van der Waals surface area contributed by atoms with Crippen LogP contribution in [0.25, 0.3) is 0 Å². The quantitative estimate of drug-likeness (QED) is 0.310. The van der Waals surface area contributed by atoms with Gasteiger partial charge in [0.25, 0.3) is 0 Å². The molecule has 7 heteroatoms. The molecule has 0 atom stereocenters.